The third-order valence-corrected chi connectivity index (χ3v) is 3.62. The zero-order valence-corrected chi connectivity index (χ0v) is 14.0. The van der Waals surface area contributed by atoms with Gasteiger partial charge in [-0.25, -0.2) is 5.84 Å². The highest BCUT2D eigenvalue weighted by Gasteiger charge is 2.21. The molecule has 0 saturated carbocycles. The third kappa shape index (κ3) is 5.21. The number of nitrogens with two attached hydrogens (primary N) is 1. The number of carbonyl (C=O) groups is 1. The first-order valence-corrected chi connectivity index (χ1v) is 7.64. The van der Waals surface area contributed by atoms with E-state index in [9.17, 15) is 4.79 Å². The van der Waals surface area contributed by atoms with Gasteiger partial charge in [0.2, 0.25) is 0 Å². The maximum absolute atomic E-state index is 11.8. The van der Waals surface area contributed by atoms with Crippen LogP contribution in [0, 0.1) is 0 Å². The first-order chi connectivity index (χ1) is 9.79. The predicted molar refractivity (Wildman–Crippen MR) is 86.4 cm³/mol. The molecule has 0 heterocycles. The zero-order chi connectivity index (χ0) is 16.0. The van der Waals surface area contributed by atoms with Gasteiger partial charge in [0, 0.05) is 0 Å². The Hall–Kier alpha value is -1.26. The molecule has 1 aromatic rings. The third-order valence-electron chi connectivity index (χ3n) is 3.32. The number of nitrogens with one attached hydrogen (secondary N) is 1. The largest absolute Gasteiger partial charge is 0.479 e. The van der Waals surface area contributed by atoms with E-state index in [0.29, 0.717) is 17.2 Å². The lowest BCUT2D eigenvalue weighted by Crippen LogP contribution is -2.42. The van der Waals surface area contributed by atoms with Crippen LogP contribution < -0.4 is 16.0 Å². The van der Waals surface area contributed by atoms with Crippen LogP contribution in [-0.4, -0.2) is 12.0 Å². The van der Waals surface area contributed by atoms with Crippen molar-refractivity contribution in [1.29, 1.82) is 0 Å². The summed E-state index contributed by atoms with van der Waals surface area (Å²) >= 11 is 6.27. The molecule has 0 saturated heterocycles. The fourth-order valence-electron chi connectivity index (χ4n) is 1.94. The van der Waals surface area contributed by atoms with Crippen LogP contribution in [0.1, 0.15) is 52.5 Å². The smallest absolute Gasteiger partial charge is 0.274 e. The molecule has 1 unspecified atom stereocenters. The van der Waals surface area contributed by atoms with Crippen molar-refractivity contribution < 1.29 is 9.53 Å². The van der Waals surface area contributed by atoms with Crippen molar-refractivity contribution in [3.63, 3.8) is 0 Å². The van der Waals surface area contributed by atoms with Gasteiger partial charge in [-0.3, -0.25) is 10.2 Å². The summed E-state index contributed by atoms with van der Waals surface area (Å²) in [7, 11) is 0. The van der Waals surface area contributed by atoms with Gasteiger partial charge in [0.15, 0.2) is 6.10 Å². The van der Waals surface area contributed by atoms with Crippen LogP contribution in [0.5, 0.6) is 5.75 Å². The van der Waals surface area contributed by atoms with Crippen LogP contribution in [0.25, 0.3) is 0 Å². The van der Waals surface area contributed by atoms with Crippen LogP contribution in [0.3, 0.4) is 0 Å². The maximum Gasteiger partial charge on any atom is 0.274 e. The van der Waals surface area contributed by atoms with Crippen LogP contribution in [0.2, 0.25) is 5.02 Å². The number of amides is 1. The number of ether oxygens (including phenoxy) is 1. The van der Waals surface area contributed by atoms with Gasteiger partial charge in [-0.15, -0.1) is 0 Å². The van der Waals surface area contributed by atoms with Crippen LogP contribution >= 0.6 is 11.6 Å². The van der Waals surface area contributed by atoms with Crippen LogP contribution in [-0.2, 0) is 10.2 Å². The lowest BCUT2D eigenvalue weighted by atomic mass is 9.87. The molecule has 0 radical (unpaired) electrons. The van der Waals surface area contributed by atoms with E-state index >= 15 is 0 Å². The lowest BCUT2D eigenvalue weighted by Gasteiger charge is -2.22. The molecule has 0 spiro atoms. The second kappa shape index (κ2) is 7.66. The molecule has 1 aromatic carbocycles. The summed E-state index contributed by atoms with van der Waals surface area (Å²) in [5, 5.41) is 0.508. The monoisotopic (exact) mass is 312 g/mol. The zero-order valence-electron chi connectivity index (χ0n) is 13.2. The van der Waals surface area contributed by atoms with E-state index in [-0.39, 0.29) is 11.3 Å². The minimum atomic E-state index is -0.618. The number of unbranched alkanes of at least 4 members (excludes halogenated alkanes) is 1. The molecule has 118 valence electrons. The SMILES string of the molecule is CCCCC(Oc1ccc(C(C)(C)C)cc1Cl)C(=O)NN. The first kappa shape index (κ1) is 17.8. The highest BCUT2D eigenvalue weighted by Crippen LogP contribution is 2.32. The van der Waals surface area contributed by atoms with Gasteiger partial charge in [0.1, 0.15) is 5.75 Å². The van der Waals surface area contributed by atoms with E-state index in [4.69, 9.17) is 22.2 Å². The predicted octanol–water partition coefficient (Wildman–Crippen LogP) is 3.57. The summed E-state index contributed by atoms with van der Waals surface area (Å²) in [5.41, 5.74) is 3.27. The summed E-state index contributed by atoms with van der Waals surface area (Å²) < 4.78 is 5.74. The van der Waals surface area contributed by atoms with Crippen molar-refractivity contribution in [1.82, 2.24) is 5.43 Å². The quantitative estimate of drug-likeness (QED) is 0.479. The van der Waals surface area contributed by atoms with Gasteiger partial charge in [-0.05, 0) is 36.0 Å². The fraction of sp³-hybridized carbons (Fsp3) is 0.562. The normalized spacial score (nSPS) is 12.9. The number of hydrogen-bond acceptors (Lipinski definition) is 3. The summed E-state index contributed by atoms with van der Waals surface area (Å²) in [6.45, 7) is 8.41. The van der Waals surface area contributed by atoms with E-state index in [1.807, 2.05) is 18.2 Å². The second-order valence-corrected chi connectivity index (χ2v) is 6.56. The van der Waals surface area contributed by atoms with Gasteiger partial charge in [-0.1, -0.05) is 51.8 Å². The summed E-state index contributed by atoms with van der Waals surface area (Å²) in [5.74, 6) is 5.38. The van der Waals surface area contributed by atoms with Crippen molar-refractivity contribution in [2.75, 3.05) is 0 Å². The van der Waals surface area contributed by atoms with Crippen molar-refractivity contribution in [2.45, 2.75) is 58.5 Å². The van der Waals surface area contributed by atoms with E-state index < -0.39 is 6.10 Å². The Bertz CT molecular complexity index is 484. The molecular formula is C16H25ClN2O2. The second-order valence-electron chi connectivity index (χ2n) is 6.15. The standard InChI is InChI=1S/C16H25ClN2O2/c1-5-6-7-14(15(20)19-18)21-13-9-8-11(10-12(13)17)16(2,3)4/h8-10,14H,5-7,18H2,1-4H3,(H,19,20). The average Bonchev–Trinajstić information content (AvgIpc) is 2.43. The van der Waals surface area contributed by atoms with Gasteiger partial charge in [-0.2, -0.15) is 0 Å². The van der Waals surface area contributed by atoms with Gasteiger partial charge in [0.05, 0.1) is 5.02 Å². The topological polar surface area (TPSA) is 64.3 Å². The highest BCUT2D eigenvalue weighted by molar-refractivity contribution is 6.32. The van der Waals surface area contributed by atoms with Gasteiger partial charge >= 0.3 is 0 Å². The minimum Gasteiger partial charge on any atom is -0.479 e. The van der Waals surface area contributed by atoms with E-state index in [0.717, 1.165) is 18.4 Å². The Morgan fingerprint density at radius 3 is 2.57 bits per heavy atom. The molecule has 0 bridgehead atoms. The molecular weight excluding hydrogens is 288 g/mol. The van der Waals surface area contributed by atoms with Crippen LogP contribution in [0.15, 0.2) is 18.2 Å². The average molecular weight is 313 g/mol. The fourth-order valence-corrected chi connectivity index (χ4v) is 2.17. The van der Waals surface area contributed by atoms with Crippen molar-refractivity contribution in [2.24, 2.45) is 5.84 Å². The van der Waals surface area contributed by atoms with Crippen molar-refractivity contribution in [3.8, 4) is 5.75 Å². The molecule has 4 nitrogen and oxygen atoms in total. The Labute approximate surface area is 132 Å². The number of hydrogen-bond donors (Lipinski definition) is 2. The Kier molecular flexibility index (Phi) is 6.49. The molecule has 0 aromatic heterocycles. The maximum atomic E-state index is 11.8. The van der Waals surface area contributed by atoms with Gasteiger partial charge < -0.3 is 4.74 Å². The van der Waals surface area contributed by atoms with Gasteiger partial charge in [0.25, 0.3) is 5.91 Å². The molecule has 1 atom stereocenters. The summed E-state index contributed by atoms with van der Waals surface area (Å²) in [6, 6.07) is 5.66. The number of rotatable bonds is 6. The first-order valence-electron chi connectivity index (χ1n) is 7.26. The minimum absolute atomic E-state index is 0.0123. The number of halogens is 1. The molecule has 21 heavy (non-hydrogen) atoms. The summed E-state index contributed by atoms with van der Waals surface area (Å²) in [6.07, 6.45) is 1.86. The van der Waals surface area contributed by atoms with E-state index in [2.05, 4.69) is 33.1 Å². The molecule has 5 heteroatoms. The molecule has 1 amide bonds. The molecule has 0 aliphatic rings. The van der Waals surface area contributed by atoms with E-state index in [1.165, 1.54) is 0 Å². The molecule has 0 aliphatic heterocycles. The highest BCUT2D eigenvalue weighted by atomic mass is 35.5. The van der Waals surface area contributed by atoms with Crippen molar-refractivity contribution >= 4 is 17.5 Å². The number of carbonyl (C=O) groups excluding carboxylic acids is 1. The Morgan fingerprint density at radius 1 is 1.43 bits per heavy atom. The van der Waals surface area contributed by atoms with Crippen molar-refractivity contribution in [3.05, 3.63) is 28.8 Å². The number of benzene rings is 1. The summed E-state index contributed by atoms with van der Waals surface area (Å²) in [4.78, 5) is 11.8. The number of hydrazine groups is 1. The molecule has 1 rings (SSSR count). The van der Waals surface area contributed by atoms with Crippen LogP contribution in [0.4, 0.5) is 0 Å². The molecule has 3 N–H and O–H groups in total. The lowest BCUT2D eigenvalue weighted by molar-refractivity contribution is -0.128. The molecule has 0 aliphatic carbocycles. The Balaban J connectivity index is 2.91. The van der Waals surface area contributed by atoms with E-state index in [1.54, 1.807) is 0 Å². The molecule has 0 fully saturated rings. The Morgan fingerprint density at radius 2 is 2.10 bits per heavy atom.